The number of carbonyl (C=O) groups excluding carboxylic acids is 1. The highest BCUT2D eigenvalue weighted by molar-refractivity contribution is 7.18. The van der Waals surface area contributed by atoms with Crippen molar-refractivity contribution in [3.05, 3.63) is 28.2 Å². The van der Waals surface area contributed by atoms with Gasteiger partial charge in [-0.05, 0) is 31.0 Å². The molecule has 1 aliphatic rings. The Hall–Kier alpha value is -1.21. The molecule has 1 atom stereocenters. The quantitative estimate of drug-likeness (QED) is 0.917. The van der Waals surface area contributed by atoms with Crippen molar-refractivity contribution in [2.24, 2.45) is 5.73 Å². The van der Waals surface area contributed by atoms with Gasteiger partial charge in [0.2, 0.25) is 5.91 Å². The molecule has 1 aromatic heterocycles. The molecular weight excluding hydrogens is 334 g/mol. The van der Waals surface area contributed by atoms with E-state index in [4.69, 9.17) is 27.1 Å². The zero-order chi connectivity index (χ0) is 16.4. The Kier molecular flexibility index (Phi) is 5.16. The highest BCUT2D eigenvalue weighted by Gasteiger charge is 2.28. The summed E-state index contributed by atoms with van der Waals surface area (Å²) in [4.78, 5) is 18.8. The molecule has 1 amide bonds. The Bertz CT molecular complexity index is 698. The molecule has 23 heavy (non-hydrogen) atoms. The monoisotopic (exact) mass is 353 g/mol. The van der Waals surface area contributed by atoms with Crippen molar-refractivity contribution >= 4 is 39.1 Å². The van der Waals surface area contributed by atoms with Gasteiger partial charge >= 0.3 is 0 Å². The van der Waals surface area contributed by atoms with Crippen LogP contribution in [0.2, 0.25) is 5.02 Å². The number of ether oxygens (including phenoxy) is 1. The van der Waals surface area contributed by atoms with Gasteiger partial charge in [-0.15, -0.1) is 11.3 Å². The summed E-state index contributed by atoms with van der Waals surface area (Å²) in [7, 11) is 1.55. The van der Waals surface area contributed by atoms with E-state index in [9.17, 15) is 4.79 Å². The fourth-order valence-electron chi connectivity index (χ4n) is 2.93. The van der Waals surface area contributed by atoms with Crippen LogP contribution >= 0.6 is 22.9 Å². The molecule has 124 valence electrons. The van der Waals surface area contributed by atoms with Gasteiger partial charge in [-0.2, -0.15) is 0 Å². The van der Waals surface area contributed by atoms with E-state index in [1.54, 1.807) is 18.4 Å². The molecule has 2 heterocycles. The number of carbonyl (C=O) groups is 1. The third-order valence-corrected chi connectivity index (χ3v) is 5.62. The second-order valence-electron chi connectivity index (χ2n) is 5.83. The highest BCUT2D eigenvalue weighted by Crippen LogP contribution is 2.34. The molecule has 1 unspecified atom stereocenters. The van der Waals surface area contributed by atoms with E-state index in [2.05, 4.69) is 0 Å². The maximum atomic E-state index is 12.2. The van der Waals surface area contributed by atoms with Gasteiger partial charge in [0.15, 0.2) is 0 Å². The summed E-state index contributed by atoms with van der Waals surface area (Å²) in [6, 6.07) is 5.24. The van der Waals surface area contributed by atoms with Crippen molar-refractivity contribution in [2.45, 2.75) is 24.8 Å². The first-order valence-corrected chi connectivity index (χ1v) is 8.87. The van der Waals surface area contributed by atoms with Crippen molar-refractivity contribution in [1.82, 2.24) is 9.88 Å². The molecule has 0 spiro atoms. The van der Waals surface area contributed by atoms with Crippen molar-refractivity contribution in [3.63, 3.8) is 0 Å². The van der Waals surface area contributed by atoms with Gasteiger partial charge in [-0.25, -0.2) is 4.98 Å². The van der Waals surface area contributed by atoms with Crippen LogP contribution in [-0.2, 0) is 9.53 Å². The number of piperidine rings is 1. The van der Waals surface area contributed by atoms with Crippen molar-refractivity contribution in [3.8, 4) is 0 Å². The van der Waals surface area contributed by atoms with Crippen molar-refractivity contribution < 1.29 is 9.53 Å². The number of rotatable bonds is 4. The second kappa shape index (κ2) is 7.13. The fourth-order valence-corrected chi connectivity index (χ4v) is 4.21. The molecule has 0 bridgehead atoms. The Morgan fingerprint density at radius 2 is 2.26 bits per heavy atom. The minimum Gasteiger partial charge on any atom is -0.383 e. The fraction of sp³-hybridized carbons (Fsp3) is 0.500. The summed E-state index contributed by atoms with van der Waals surface area (Å²) in [6.45, 7) is 1.70. The molecule has 3 rings (SSSR count). The zero-order valence-electron chi connectivity index (χ0n) is 13.0. The van der Waals surface area contributed by atoms with Crippen LogP contribution in [0.3, 0.4) is 0 Å². The Morgan fingerprint density at radius 3 is 2.96 bits per heavy atom. The first-order valence-electron chi connectivity index (χ1n) is 7.68. The smallest absolute Gasteiger partial charge is 0.241 e. The molecule has 2 aromatic rings. The number of thiazole rings is 1. The molecule has 1 saturated heterocycles. The number of nitrogens with two attached hydrogens (primary N) is 1. The molecular formula is C16H20ClN3O2S. The normalized spacial score (nSPS) is 17.6. The number of fused-ring (bicyclic) bond motifs is 1. The lowest BCUT2D eigenvalue weighted by atomic mass is 9.97. The van der Waals surface area contributed by atoms with Gasteiger partial charge in [-0.3, -0.25) is 4.79 Å². The maximum absolute atomic E-state index is 12.2. The molecule has 0 aliphatic carbocycles. The van der Waals surface area contributed by atoms with E-state index >= 15 is 0 Å². The van der Waals surface area contributed by atoms with Crippen LogP contribution in [0, 0.1) is 0 Å². The lowest BCUT2D eigenvalue weighted by Crippen LogP contribution is -2.48. The summed E-state index contributed by atoms with van der Waals surface area (Å²) < 4.78 is 6.12. The standard InChI is InChI=1S/C16H20ClN3O2S/c1-22-9-12(18)16(21)20-6-4-10(5-7-20)15-19-13-8-11(17)2-3-14(13)23-15/h2-3,8,10,12H,4-7,9,18H2,1H3. The lowest BCUT2D eigenvalue weighted by molar-refractivity contribution is -0.134. The number of amides is 1. The van der Waals surface area contributed by atoms with E-state index in [-0.39, 0.29) is 12.5 Å². The topological polar surface area (TPSA) is 68.5 Å². The maximum Gasteiger partial charge on any atom is 0.241 e. The Labute approximate surface area is 144 Å². The van der Waals surface area contributed by atoms with E-state index < -0.39 is 6.04 Å². The predicted molar refractivity (Wildman–Crippen MR) is 93.0 cm³/mol. The minimum atomic E-state index is -0.568. The number of nitrogens with zero attached hydrogens (tertiary/aromatic N) is 2. The van der Waals surface area contributed by atoms with Crippen LogP contribution in [0.1, 0.15) is 23.8 Å². The summed E-state index contributed by atoms with van der Waals surface area (Å²) >= 11 is 7.74. The third-order valence-electron chi connectivity index (χ3n) is 4.19. The molecule has 0 saturated carbocycles. The summed E-state index contributed by atoms with van der Waals surface area (Å²) in [5, 5.41) is 1.84. The minimum absolute atomic E-state index is 0.0265. The average molecular weight is 354 g/mol. The number of benzene rings is 1. The van der Waals surface area contributed by atoms with Gasteiger partial charge < -0.3 is 15.4 Å². The summed E-state index contributed by atoms with van der Waals surface area (Å²) in [6.07, 6.45) is 1.83. The van der Waals surface area contributed by atoms with Crippen LogP contribution in [0.5, 0.6) is 0 Å². The SMILES string of the molecule is COCC(N)C(=O)N1CCC(c2nc3cc(Cl)ccc3s2)CC1. The van der Waals surface area contributed by atoms with Crippen molar-refractivity contribution in [1.29, 1.82) is 0 Å². The molecule has 1 aromatic carbocycles. The van der Waals surface area contributed by atoms with Crippen LogP contribution in [0.4, 0.5) is 0 Å². The van der Waals surface area contributed by atoms with Gasteiger partial charge in [0.1, 0.15) is 6.04 Å². The Balaban J connectivity index is 1.65. The molecule has 7 heteroatoms. The number of hydrogen-bond donors (Lipinski definition) is 1. The van der Waals surface area contributed by atoms with E-state index in [1.165, 1.54) is 0 Å². The highest BCUT2D eigenvalue weighted by atomic mass is 35.5. The van der Waals surface area contributed by atoms with Crippen LogP contribution < -0.4 is 5.73 Å². The largest absolute Gasteiger partial charge is 0.383 e. The summed E-state index contributed by atoms with van der Waals surface area (Å²) in [5.74, 6) is 0.371. The number of aromatic nitrogens is 1. The number of halogens is 1. The van der Waals surface area contributed by atoms with Crippen LogP contribution in [-0.4, -0.2) is 48.6 Å². The van der Waals surface area contributed by atoms with Gasteiger partial charge in [-0.1, -0.05) is 11.6 Å². The third kappa shape index (κ3) is 3.66. The van der Waals surface area contributed by atoms with Crippen molar-refractivity contribution in [2.75, 3.05) is 26.8 Å². The average Bonchev–Trinajstić information content (AvgIpc) is 2.97. The lowest BCUT2D eigenvalue weighted by Gasteiger charge is -2.32. The molecule has 0 radical (unpaired) electrons. The molecule has 1 fully saturated rings. The number of hydrogen-bond acceptors (Lipinski definition) is 5. The van der Waals surface area contributed by atoms with Gasteiger partial charge in [0.05, 0.1) is 21.8 Å². The second-order valence-corrected chi connectivity index (χ2v) is 7.32. The van der Waals surface area contributed by atoms with E-state index in [0.29, 0.717) is 10.9 Å². The Morgan fingerprint density at radius 1 is 1.52 bits per heavy atom. The zero-order valence-corrected chi connectivity index (χ0v) is 14.6. The van der Waals surface area contributed by atoms with E-state index in [0.717, 1.165) is 41.2 Å². The number of likely N-dealkylation sites (tertiary alicyclic amines) is 1. The van der Waals surface area contributed by atoms with Crippen LogP contribution in [0.15, 0.2) is 18.2 Å². The predicted octanol–water partition coefficient (Wildman–Crippen LogP) is 2.63. The number of methoxy groups -OCH3 is 1. The van der Waals surface area contributed by atoms with Crippen LogP contribution in [0.25, 0.3) is 10.2 Å². The van der Waals surface area contributed by atoms with Gasteiger partial charge in [0.25, 0.3) is 0 Å². The molecule has 5 nitrogen and oxygen atoms in total. The summed E-state index contributed by atoms with van der Waals surface area (Å²) in [5.41, 5.74) is 6.79. The van der Waals surface area contributed by atoms with Gasteiger partial charge in [0, 0.05) is 31.1 Å². The molecule has 1 aliphatic heterocycles. The molecule has 2 N–H and O–H groups in total. The van der Waals surface area contributed by atoms with E-state index in [1.807, 2.05) is 23.1 Å². The first-order chi connectivity index (χ1) is 11.1. The first kappa shape index (κ1) is 16.6.